The quantitative estimate of drug-likeness (QED) is 0.739. The zero-order valence-electron chi connectivity index (χ0n) is 11.0. The van der Waals surface area contributed by atoms with Crippen LogP contribution in [0.1, 0.15) is 37.7 Å². The van der Waals surface area contributed by atoms with Crippen molar-refractivity contribution in [2.45, 2.75) is 38.5 Å². The van der Waals surface area contributed by atoms with Crippen LogP contribution >= 0.6 is 23.2 Å². The van der Waals surface area contributed by atoms with Crippen molar-refractivity contribution in [3.63, 3.8) is 0 Å². The molecule has 0 atom stereocenters. The van der Waals surface area contributed by atoms with Crippen molar-refractivity contribution >= 4 is 29.2 Å². The Morgan fingerprint density at radius 3 is 2.58 bits per heavy atom. The van der Waals surface area contributed by atoms with E-state index in [9.17, 15) is 4.79 Å². The molecule has 0 aliphatic heterocycles. The van der Waals surface area contributed by atoms with E-state index in [4.69, 9.17) is 27.9 Å². The summed E-state index contributed by atoms with van der Waals surface area (Å²) in [6, 6.07) is 5.74. The molecule has 4 heteroatoms. The molecule has 1 saturated carbocycles. The highest BCUT2D eigenvalue weighted by Gasteiger charge is 2.38. The van der Waals surface area contributed by atoms with E-state index < -0.39 is 0 Å². The van der Waals surface area contributed by atoms with Crippen LogP contribution in [-0.4, -0.2) is 13.1 Å². The van der Waals surface area contributed by atoms with Gasteiger partial charge in [-0.1, -0.05) is 35.7 Å². The lowest BCUT2D eigenvalue weighted by Gasteiger charge is -2.41. The highest BCUT2D eigenvalue weighted by molar-refractivity contribution is 6.42. The van der Waals surface area contributed by atoms with Gasteiger partial charge in [-0.3, -0.25) is 4.79 Å². The molecule has 0 amide bonds. The molecule has 2 nitrogen and oxygen atoms in total. The maximum absolute atomic E-state index is 11.5. The van der Waals surface area contributed by atoms with Crippen LogP contribution in [-0.2, 0) is 16.0 Å². The molecule has 1 fully saturated rings. The van der Waals surface area contributed by atoms with Crippen molar-refractivity contribution in [1.82, 2.24) is 0 Å². The molecular formula is C15H18Cl2O2. The number of esters is 1. The average Bonchev–Trinajstić information content (AvgIpc) is 2.36. The summed E-state index contributed by atoms with van der Waals surface area (Å²) < 4.78 is 4.79. The number of ether oxygens (including phenoxy) is 1. The maximum Gasteiger partial charge on any atom is 0.306 e. The van der Waals surface area contributed by atoms with E-state index in [0.29, 0.717) is 16.5 Å². The fourth-order valence-electron chi connectivity index (χ4n) is 2.67. The molecule has 0 heterocycles. The van der Waals surface area contributed by atoms with Crippen molar-refractivity contribution < 1.29 is 9.53 Å². The van der Waals surface area contributed by atoms with E-state index in [1.165, 1.54) is 19.1 Å². The van der Waals surface area contributed by atoms with Gasteiger partial charge < -0.3 is 4.74 Å². The predicted octanol–water partition coefficient (Wildman–Crippen LogP) is 4.66. The van der Waals surface area contributed by atoms with Gasteiger partial charge in [0.1, 0.15) is 0 Å². The monoisotopic (exact) mass is 300 g/mol. The second-order valence-electron chi connectivity index (χ2n) is 5.35. The largest absolute Gasteiger partial charge is 0.469 e. The van der Waals surface area contributed by atoms with Gasteiger partial charge in [0.25, 0.3) is 0 Å². The first-order valence-electron chi connectivity index (χ1n) is 6.55. The third-order valence-electron chi connectivity index (χ3n) is 4.09. The molecule has 19 heavy (non-hydrogen) atoms. The number of hydrogen-bond donors (Lipinski definition) is 0. The van der Waals surface area contributed by atoms with Gasteiger partial charge in [-0.05, 0) is 48.8 Å². The van der Waals surface area contributed by atoms with Gasteiger partial charge in [0.15, 0.2) is 0 Å². The molecule has 2 rings (SSSR count). The van der Waals surface area contributed by atoms with Gasteiger partial charge in [0.05, 0.1) is 23.6 Å². The predicted molar refractivity (Wildman–Crippen MR) is 77.7 cm³/mol. The number of hydrogen-bond acceptors (Lipinski definition) is 2. The van der Waals surface area contributed by atoms with Gasteiger partial charge >= 0.3 is 5.97 Å². The van der Waals surface area contributed by atoms with Crippen molar-refractivity contribution in [2.75, 3.05) is 7.11 Å². The third kappa shape index (κ3) is 3.64. The number of carbonyl (C=O) groups is 1. The van der Waals surface area contributed by atoms with Crippen LogP contribution in [0.25, 0.3) is 0 Å². The number of benzene rings is 1. The van der Waals surface area contributed by atoms with Gasteiger partial charge in [-0.25, -0.2) is 0 Å². The van der Waals surface area contributed by atoms with Crippen molar-refractivity contribution in [3.8, 4) is 0 Å². The molecule has 0 radical (unpaired) electrons. The minimum atomic E-state index is -0.103. The third-order valence-corrected chi connectivity index (χ3v) is 4.83. The zero-order valence-corrected chi connectivity index (χ0v) is 12.6. The SMILES string of the molecule is COC(=O)CC1(CCc2ccc(Cl)c(Cl)c2)CCC1. The Morgan fingerprint density at radius 1 is 1.32 bits per heavy atom. The summed E-state index contributed by atoms with van der Waals surface area (Å²) in [5, 5.41) is 1.17. The van der Waals surface area contributed by atoms with Crippen LogP contribution in [0.2, 0.25) is 10.0 Å². The maximum atomic E-state index is 11.5. The van der Waals surface area contributed by atoms with Crippen LogP contribution < -0.4 is 0 Å². The summed E-state index contributed by atoms with van der Waals surface area (Å²) in [4.78, 5) is 11.5. The summed E-state index contributed by atoms with van der Waals surface area (Å²) in [7, 11) is 1.45. The standard InChI is InChI=1S/C15H18Cl2O2/c1-19-14(18)10-15(6-2-7-15)8-5-11-3-4-12(16)13(17)9-11/h3-4,9H,2,5-8,10H2,1H3. The minimum Gasteiger partial charge on any atom is -0.469 e. The van der Waals surface area contributed by atoms with Crippen LogP contribution in [0.3, 0.4) is 0 Å². The van der Waals surface area contributed by atoms with Gasteiger partial charge in [0.2, 0.25) is 0 Å². The van der Waals surface area contributed by atoms with Crippen molar-refractivity contribution in [1.29, 1.82) is 0 Å². The van der Waals surface area contributed by atoms with Crippen LogP contribution in [0.4, 0.5) is 0 Å². The number of methoxy groups -OCH3 is 1. The van der Waals surface area contributed by atoms with E-state index in [1.807, 2.05) is 18.2 Å². The Hall–Kier alpha value is -0.730. The highest BCUT2D eigenvalue weighted by Crippen LogP contribution is 2.47. The molecule has 0 bridgehead atoms. The van der Waals surface area contributed by atoms with E-state index in [0.717, 1.165) is 25.7 Å². The fraction of sp³-hybridized carbons (Fsp3) is 0.533. The molecule has 1 aliphatic carbocycles. The van der Waals surface area contributed by atoms with E-state index in [-0.39, 0.29) is 11.4 Å². The number of halogens is 2. The molecule has 0 N–H and O–H groups in total. The Labute approximate surface area is 124 Å². The first-order valence-corrected chi connectivity index (χ1v) is 7.31. The fourth-order valence-corrected chi connectivity index (χ4v) is 3.00. The number of aryl methyl sites for hydroxylation is 1. The molecule has 0 saturated heterocycles. The average molecular weight is 301 g/mol. The lowest BCUT2D eigenvalue weighted by Crippen LogP contribution is -2.33. The topological polar surface area (TPSA) is 26.3 Å². The summed E-state index contributed by atoms with van der Waals surface area (Å²) >= 11 is 11.9. The van der Waals surface area contributed by atoms with E-state index in [2.05, 4.69) is 0 Å². The smallest absolute Gasteiger partial charge is 0.306 e. The van der Waals surface area contributed by atoms with Gasteiger partial charge in [-0.15, -0.1) is 0 Å². The normalized spacial score (nSPS) is 16.8. The molecular weight excluding hydrogens is 283 g/mol. The van der Waals surface area contributed by atoms with E-state index in [1.54, 1.807) is 0 Å². The van der Waals surface area contributed by atoms with Crippen LogP contribution in [0.5, 0.6) is 0 Å². The molecule has 0 aromatic heterocycles. The molecule has 1 aromatic carbocycles. The Bertz CT molecular complexity index is 467. The Balaban J connectivity index is 1.96. The lowest BCUT2D eigenvalue weighted by atomic mass is 9.64. The highest BCUT2D eigenvalue weighted by atomic mass is 35.5. The Kier molecular flexibility index (Phi) is 4.75. The van der Waals surface area contributed by atoms with Crippen LogP contribution in [0.15, 0.2) is 18.2 Å². The molecule has 1 aromatic rings. The number of carbonyl (C=O) groups excluding carboxylic acids is 1. The van der Waals surface area contributed by atoms with Crippen LogP contribution in [0, 0.1) is 5.41 Å². The summed E-state index contributed by atoms with van der Waals surface area (Å²) in [5.74, 6) is -0.103. The van der Waals surface area contributed by atoms with Crippen molar-refractivity contribution in [3.05, 3.63) is 33.8 Å². The lowest BCUT2D eigenvalue weighted by molar-refractivity contribution is -0.145. The Morgan fingerprint density at radius 2 is 2.05 bits per heavy atom. The summed E-state index contributed by atoms with van der Waals surface area (Å²) in [5.41, 5.74) is 1.31. The van der Waals surface area contributed by atoms with Gasteiger partial charge in [-0.2, -0.15) is 0 Å². The molecule has 0 spiro atoms. The summed E-state index contributed by atoms with van der Waals surface area (Å²) in [6.07, 6.45) is 5.89. The molecule has 104 valence electrons. The molecule has 1 aliphatic rings. The second kappa shape index (κ2) is 6.15. The zero-order chi connectivity index (χ0) is 13.9. The minimum absolute atomic E-state index is 0.103. The number of rotatable bonds is 5. The first-order chi connectivity index (χ1) is 9.04. The first kappa shape index (κ1) is 14.7. The second-order valence-corrected chi connectivity index (χ2v) is 6.17. The summed E-state index contributed by atoms with van der Waals surface area (Å²) in [6.45, 7) is 0. The van der Waals surface area contributed by atoms with Crippen molar-refractivity contribution in [2.24, 2.45) is 5.41 Å². The van der Waals surface area contributed by atoms with E-state index >= 15 is 0 Å². The van der Waals surface area contributed by atoms with Gasteiger partial charge in [0, 0.05) is 0 Å². The molecule has 0 unspecified atom stereocenters.